The van der Waals surface area contributed by atoms with Crippen LogP contribution < -0.4 is 4.90 Å². The van der Waals surface area contributed by atoms with Gasteiger partial charge in [-0.25, -0.2) is 0 Å². The van der Waals surface area contributed by atoms with Crippen LogP contribution in [0.15, 0.2) is 6.07 Å². The molecule has 0 aromatic carbocycles. The average Bonchev–Trinajstić information content (AvgIpc) is 3.22. The Labute approximate surface area is 155 Å². The first-order valence-electron chi connectivity index (χ1n) is 8.47. The third-order valence-electron chi connectivity index (χ3n) is 4.90. The minimum atomic E-state index is -0.0737. The first-order valence-corrected chi connectivity index (χ1v) is 9.86. The Kier molecular flexibility index (Phi) is 4.60. The second-order valence-corrected chi connectivity index (χ2v) is 8.04. The van der Waals surface area contributed by atoms with Crippen molar-refractivity contribution in [3.63, 3.8) is 0 Å². The van der Waals surface area contributed by atoms with Gasteiger partial charge in [-0.2, -0.15) is 5.10 Å². The van der Waals surface area contributed by atoms with Crippen molar-refractivity contribution in [3.05, 3.63) is 17.3 Å². The molecule has 3 aliphatic rings. The van der Waals surface area contributed by atoms with E-state index in [9.17, 15) is 9.59 Å². The number of thiocarbonyl (C=S) groups is 1. The molecule has 7 nitrogen and oxygen atoms in total. The van der Waals surface area contributed by atoms with Gasteiger partial charge in [-0.15, -0.1) is 5.10 Å². The van der Waals surface area contributed by atoms with Crippen LogP contribution in [0.2, 0.25) is 0 Å². The maximum atomic E-state index is 12.5. The number of rotatable bonds is 3. The Morgan fingerprint density at radius 1 is 1.20 bits per heavy atom. The molecule has 2 aliphatic heterocycles. The number of carbonyl (C=O) groups is 2. The van der Waals surface area contributed by atoms with Crippen LogP contribution in [0.25, 0.3) is 0 Å². The van der Waals surface area contributed by atoms with Crippen LogP contribution in [0, 0.1) is 0 Å². The van der Waals surface area contributed by atoms with E-state index in [2.05, 4.69) is 21.2 Å². The molecule has 25 heavy (non-hydrogen) atoms. The Morgan fingerprint density at radius 2 is 2.00 bits per heavy atom. The molecule has 1 aliphatic carbocycles. The molecule has 0 spiro atoms. The SMILES string of the molecule is O=C(CN1C(=O)CSC1=S)N1CCN(c2cc3c(nn2)CCC3)CC1. The number of hydrogen-bond donors (Lipinski definition) is 0. The largest absolute Gasteiger partial charge is 0.352 e. The summed E-state index contributed by atoms with van der Waals surface area (Å²) in [4.78, 5) is 29.6. The van der Waals surface area contributed by atoms with Crippen molar-refractivity contribution in [3.8, 4) is 0 Å². The van der Waals surface area contributed by atoms with E-state index in [0.29, 0.717) is 23.2 Å². The van der Waals surface area contributed by atoms with Crippen molar-refractivity contribution in [2.45, 2.75) is 19.3 Å². The first-order chi connectivity index (χ1) is 12.1. The average molecular weight is 377 g/mol. The molecule has 3 heterocycles. The normalized spacial score (nSPS) is 20.4. The molecule has 2 amide bonds. The number of amides is 2. The highest BCUT2D eigenvalue weighted by Gasteiger charge is 2.31. The summed E-state index contributed by atoms with van der Waals surface area (Å²) in [5, 5.41) is 8.69. The minimum absolute atomic E-state index is 0.0436. The Morgan fingerprint density at radius 3 is 2.72 bits per heavy atom. The highest BCUT2D eigenvalue weighted by molar-refractivity contribution is 8.23. The number of piperazine rings is 1. The Hall–Kier alpha value is -1.74. The van der Waals surface area contributed by atoms with Gasteiger partial charge in [-0.05, 0) is 30.9 Å². The highest BCUT2D eigenvalue weighted by atomic mass is 32.2. The standard InChI is InChI=1S/C16H19N5O2S2/c22-14(9-21-15(23)10-25-16(21)24)20-6-4-19(5-7-20)13-8-11-2-1-3-12(11)17-18-13/h8H,1-7,9-10H2. The van der Waals surface area contributed by atoms with Crippen LogP contribution >= 0.6 is 24.0 Å². The predicted octanol–water partition coefficient (Wildman–Crippen LogP) is 0.474. The molecular weight excluding hydrogens is 358 g/mol. The van der Waals surface area contributed by atoms with Gasteiger partial charge in [0.2, 0.25) is 11.8 Å². The molecule has 2 fully saturated rings. The smallest absolute Gasteiger partial charge is 0.242 e. The van der Waals surface area contributed by atoms with Crippen molar-refractivity contribution < 1.29 is 9.59 Å². The number of hydrogen-bond acceptors (Lipinski definition) is 7. The van der Waals surface area contributed by atoms with Gasteiger partial charge >= 0.3 is 0 Å². The van der Waals surface area contributed by atoms with Crippen LogP contribution in [0.5, 0.6) is 0 Å². The molecular formula is C16H19N5O2S2. The van der Waals surface area contributed by atoms with Gasteiger partial charge in [0.15, 0.2) is 5.82 Å². The van der Waals surface area contributed by atoms with E-state index in [-0.39, 0.29) is 18.4 Å². The number of carbonyl (C=O) groups excluding carboxylic acids is 2. The zero-order chi connectivity index (χ0) is 17.4. The minimum Gasteiger partial charge on any atom is -0.352 e. The zero-order valence-corrected chi connectivity index (χ0v) is 15.4. The number of fused-ring (bicyclic) bond motifs is 1. The third kappa shape index (κ3) is 3.35. The lowest BCUT2D eigenvalue weighted by Crippen LogP contribution is -2.52. The summed E-state index contributed by atoms with van der Waals surface area (Å²) in [7, 11) is 0. The Bertz CT molecular complexity index is 717. The van der Waals surface area contributed by atoms with Gasteiger partial charge in [0.05, 0.1) is 11.4 Å². The molecule has 4 rings (SSSR count). The lowest BCUT2D eigenvalue weighted by atomic mass is 10.2. The van der Waals surface area contributed by atoms with E-state index >= 15 is 0 Å². The Balaban J connectivity index is 1.34. The van der Waals surface area contributed by atoms with Crippen LogP contribution in [0.3, 0.4) is 0 Å². The fourth-order valence-electron chi connectivity index (χ4n) is 3.43. The maximum absolute atomic E-state index is 12.5. The van der Waals surface area contributed by atoms with E-state index in [0.717, 1.165) is 43.9 Å². The van der Waals surface area contributed by atoms with Gasteiger partial charge in [-0.3, -0.25) is 14.5 Å². The first kappa shape index (κ1) is 16.7. The van der Waals surface area contributed by atoms with Crippen LogP contribution in [-0.4, -0.2) is 74.6 Å². The summed E-state index contributed by atoms with van der Waals surface area (Å²) < 4.78 is 0.505. The molecule has 0 N–H and O–H groups in total. The number of thioether (sulfide) groups is 1. The van der Waals surface area contributed by atoms with E-state index in [1.165, 1.54) is 22.2 Å². The van der Waals surface area contributed by atoms with E-state index < -0.39 is 0 Å². The van der Waals surface area contributed by atoms with Crippen molar-refractivity contribution in [1.82, 2.24) is 20.0 Å². The zero-order valence-electron chi connectivity index (χ0n) is 13.8. The molecule has 2 saturated heterocycles. The topological polar surface area (TPSA) is 69.6 Å². The van der Waals surface area contributed by atoms with E-state index in [1.807, 2.05) is 0 Å². The number of anilines is 1. The van der Waals surface area contributed by atoms with E-state index in [4.69, 9.17) is 12.2 Å². The molecule has 0 unspecified atom stereocenters. The second-order valence-electron chi connectivity index (χ2n) is 6.43. The quantitative estimate of drug-likeness (QED) is 0.710. The molecule has 132 valence electrons. The predicted molar refractivity (Wildman–Crippen MR) is 99.6 cm³/mol. The summed E-state index contributed by atoms with van der Waals surface area (Å²) >= 11 is 6.46. The maximum Gasteiger partial charge on any atom is 0.242 e. The van der Waals surface area contributed by atoms with Gasteiger partial charge in [0, 0.05) is 26.2 Å². The second kappa shape index (κ2) is 6.87. The summed E-state index contributed by atoms with van der Waals surface area (Å²) in [6, 6.07) is 2.14. The molecule has 0 atom stereocenters. The number of nitrogens with zero attached hydrogens (tertiary/aromatic N) is 5. The third-order valence-corrected chi connectivity index (χ3v) is 6.33. The highest BCUT2D eigenvalue weighted by Crippen LogP contribution is 2.24. The summed E-state index contributed by atoms with van der Waals surface area (Å²) in [6.45, 7) is 2.76. The molecule has 1 aromatic heterocycles. The summed E-state index contributed by atoms with van der Waals surface area (Å²) in [5.74, 6) is 1.13. The number of aromatic nitrogens is 2. The van der Waals surface area contributed by atoms with Crippen molar-refractivity contribution in [2.24, 2.45) is 0 Å². The molecule has 0 saturated carbocycles. The van der Waals surface area contributed by atoms with Crippen molar-refractivity contribution in [1.29, 1.82) is 0 Å². The molecule has 0 radical (unpaired) electrons. The molecule has 1 aromatic rings. The van der Waals surface area contributed by atoms with E-state index in [1.54, 1.807) is 4.90 Å². The lowest BCUT2D eigenvalue weighted by Gasteiger charge is -2.35. The summed E-state index contributed by atoms with van der Waals surface area (Å²) in [6.07, 6.45) is 3.27. The van der Waals surface area contributed by atoms with Crippen LogP contribution in [0.1, 0.15) is 17.7 Å². The fraction of sp³-hybridized carbons (Fsp3) is 0.562. The van der Waals surface area contributed by atoms with Crippen LogP contribution in [-0.2, 0) is 22.4 Å². The van der Waals surface area contributed by atoms with Gasteiger partial charge in [0.1, 0.15) is 10.9 Å². The van der Waals surface area contributed by atoms with Gasteiger partial charge < -0.3 is 9.80 Å². The van der Waals surface area contributed by atoms with Crippen LogP contribution in [0.4, 0.5) is 5.82 Å². The summed E-state index contributed by atoms with van der Waals surface area (Å²) in [5.41, 5.74) is 2.43. The van der Waals surface area contributed by atoms with Gasteiger partial charge in [0.25, 0.3) is 0 Å². The van der Waals surface area contributed by atoms with Crippen molar-refractivity contribution in [2.75, 3.05) is 43.4 Å². The van der Waals surface area contributed by atoms with Gasteiger partial charge in [-0.1, -0.05) is 24.0 Å². The molecule has 9 heteroatoms. The molecule has 0 bridgehead atoms. The fourth-order valence-corrected chi connectivity index (χ4v) is 4.49. The lowest BCUT2D eigenvalue weighted by molar-refractivity contribution is -0.136. The van der Waals surface area contributed by atoms with Crippen molar-refractivity contribution >= 4 is 45.9 Å². The monoisotopic (exact) mass is 377 g/mol. The number of aryl methyl sites for hydroxylation is 2.